The molecule has 0 heterocycles. The summed E-state index contributed by atoms with van der Waals surface area (Å²) in [5.74, 6) is -1.23. The predicted octanol–water partition coefficient (Wildman–Crippen LogP) is 2.47. The van der Waals surface area contributed by atoms with Gasteiger partial charge in [0, 0.05) is 24.7 Å². The van der Waals surface area contributed by atoms with E-state index in [1.54, 1.807) is 12.2 Å². The van der Waals surface area contributed by atoms with Gasteiger partial charge in [0.2, 0.25) is 0 Å². The SMILES string of the molecule is CC/C=C\C[C@@H]1C(=O)C[C@@H](O)[C@@H]1/C=C/[C@@H](O)CCCCC(=O)O. The normalized spacial score (nSPS) is 26.4. The van der Waals surface area contributed by atoms with E-state index in [0.717, 1.165) is 6.42 Å². The van der Waals surface area contributed by atoms with E-state index < -0.39 is 18.2 Å². The minimum atomic E-state index is -0.828. The Hall–Kier alpha value is -1.46. The predicted molar refractivity (Wildman–Crippen MR) is 87.9 cm³/mol. The Kier molecular flexibility index (Phi) is 8.81. The second-order valence-corrected chi connectivity index (χ2v) is 6.13. The number of unbranched alkanes of at least 4 members (excludes halogenated alkanes) is 1. The molecule has 0 saturated heterocycles. The lowest BCUT2D eigenvalue weighted by Gasteiger charge is -2.16. The first kappa shape index (κ1) is 19.6. The molecule has 0 bridgehead atoms. The van der Waals surface area contributed by atoms with Gasteiger partial charge in [0.05, 0.1) is 12.2 Å². The summed E-state index contributed by atoms with van der Waals surface area (Å²) in [5, 5.41) is 28.5. The Morgan fingerprint density at radius 1 is 1.35 bits per heavy atom. The third kappa shape index (κ3) is 7.10. The maximum absolute atomic E-state index is 12.0. The number of aliphatic hydroxyl groups excluding tert-OH is 2. The van der Waals surface area contributed by atoms with Gasteiger partial charge in [-0.1, -0.05) is 31.2 Å². The smallest absolute Gasteiger partial charge is 0.303 e. The van der Waals surface area contributed by atoms with Crippen molar-refractivity contribution in [3.05, 3.63) is 24.3 Å². The molecule has 23 heavy (non-hydrogen) atoms. The zero-order valence-corrected chi connectivity index (χ0v) is 13.7. The molecule has 1 rings (SSSR count). The molecule has 0 aromatic carbocycles. The number of ketones is 1. The van der Waals surface area contributed by atoms with Gasteiger partial charge in [0.1, 0.15) is 5.78 Å². The summed E-state index contributed by atoms with van der Waals surface area (Å²) in [7, 11) is 0. The van der Waals surface area contributed by atoms with Crippen LogP contribution in [0.2, 0.25) is 0 Å². The summed E-state index contributed by atoms with van der Waals surface area (Å²) >= 11 is 0. The molecule has 0 aromatic rings. The molecule has 3 N–H and O–H groups in total. The molecule has 1 aliphatic rings. The van der Waals surface area contributed by atoms with Crippen LogP contribution in [0.3, 0.4) is 0 Å². The second-order valence-electron chi connectivity index (χ2n) is 6.13. The van der Waals surface area contributed by atoms with Gasteiger partial charge in [-0.15, -0.1) is 0 Å². The van der Waals surface area contributed by atoms with Gasteiger partial charge in [0.25, 0.3) is 0 Å². The van der Waals surface area contributed by atoms with Crippen LogP contribution in [0.5, 0.6) is 0 Å². The Labute approximate surface area is 137 Å². The third-order valence-electron chi connectivity index (χ3n) is 4.22. The number of carboxylic acid groups (broad SMARTS) is 1. The average Bonchev–Trinajstić information content (AvgIpc) is 2.75. The number of hydrogen-bond donors (Lipinski definition) is 3. The summed E-state index contributed by atoms with van der Waals surface area (Å²) in [6.07, 6.45) is 9.49. The highest BCUT2D eigenvalue weighted by atomic mass is 16.4. The van der Waals surface area contributed by atoms with E-state index in [1.165, 1.54) is 0 Å². The average molecular weight is 324 g/mol. The van der Waals surface area contributed by atoms with Crippen molar-refractivity contribution in [3.8, 4) is 0 Å². The third-order valence-corrected chi connectivity index (χ3v) is 4.22. The van der Waals surface area contributed by atoms with Crippen LogP contribution >= 0.6 is 0 Å². The monoisotopic (exact) mass is 324 g/mol. The first-order valence-corrected chi connectivity index (χ1v) is 8.39. The number of allylic oxidation sites excluding steroid dienone is 2. The molecule has 1 fully saturated rings. The molecule has 0 unspecified atom stereocenters. The van der Waals surface area contributed by atoms with E-state index in [1.807, 2.05) is 19.1 Å². The molecule has 0 spiro atoms. The van der Waals surface area contributed by atoms with Crippen LogP contribution < -0.4 is 0 Å². The second kappa shape index (κ2) is 10.3. The number of carbonyl (C=O) groups excluding carboxylic acids is 1. The standard InChI is InChI=1S/C18H28O5/c1-2-3-4-8-14-15(17(21)12-16(14)20)11-10-13(19)7-5-6-9-18(22)23/h3-4,10-11,13-15,17,19,21H,2,5-9,12H2,1H3,(H,22,23)/b4-3-,11-10+/t13-,14-,15+,17+/m0/s1. The van der Waals surface area contributed by atoms with Crippen molar-refractivity contribution in [1.29, 1.82) is 0 Å². The molecule has 1 saturated carbocycles. The lowest BCUT2D eigenvalue weighted by molar-refractivity contribution is -0.137. The summed E-state index contributed by atoms with van der Waals surface area (Å²) in [6.45, 7) is 2.03. The molecular formula is C18H28O5. The van der Waals surface area contributed by atoms with Crippen LogP contribution in [0, 0.1) is 11.8 Å². The van der Waals surface area contributed by atoms with Gasteiger partial charge in [-0.05, 0) is 32.1 Å². The molecule has 0 radical (unpaired) electrons. The molecular weight excluding hydrogens is 296 g/mol. The number of carbonyl (C=O) groups is 2. The van der Waals surface area contributed by atoms with Crippen LogP contribution in [0.1, 0.15) is 51.9 Å². The summed E-state index contributed by atoms with van der Waals surface area (Å²) < 4.78 is 0. The fourth-order valence-corrected chi connectivity index (χ4v) is 2.92. The van der Waals surface area contributed by atoms with Crippen molar-refractivity contribution in [2.75, 3.05) is 0 Å². The van der Waals surface area contributed by atoms with Crippen molar-refractivity contribution in [3.63, 3.8) is 0 Å². The van der Waals surface area contributed by atoms with Crippen molar-refractivity contribution in [1.82, 2.24) is 0 Å². The zero-order valence-electron chi connectivity index (χ0n) is 13.7. The Bertz CT molecular complexity index is 441. The van der Waals surface area contributed by atoms with E-state index in [2.05, 4.69) is 0 Å². The molecule has 130 valence electrons. The summed E-state index contributed by atoms with van der Waals surface area (Å²) in [5.41, 5.74) is 0. The van der Waals surface area contributed by atoms with Crippen molar-refractivity contribution in [2.24, 2.45) is 11.8 Å². The quantitative estimate of drug-likeness (QED) is 0.424. The minimum absolute atomic E-state index is 0.0730. The minimum Gasteiger partial charge on any atom is -0.481 e. The van der Waals surface area contributed by atoms with E-state index >= 15 is 0 Å². The molecule has 0 amide bonds. The number of Topliss-reactive ketones (excluding diaryl/α,β-unsaturated/α-hetero) is 1. The van der Waals surface area contributed by atoms with Gasteiger partial charge >= 0.3 is 5.97 Å². The van der Waals surface area contributed by atoms with Crippen LogP contribution in [0.4, 0.5) is 0 Å². The molecule has 1 aliphatic carbocycles. The van der Waals surface area contributed by atoms with Crippen LogP contribution in [0.15, 0.2) is 24.3 Å². The summed E-state index contributed by atoms with van der Waals surface area (Å²) in [6, 6.07) is 0. The summed E-state index contributed by atoms with van der Waals surface area (Å²) in [4.78, 5) is 22.4. The van der Waals surface area contributed by atoms with E-state index in [9.17, 15) is 19.8 Å². The fourth-order valence-electron chi connectivity index (χ4n) is 2.92. The van der Waals surface area contributed by atoms with Gasteiger partial charge in [-0.25, -0.2) is 0 Å². The number of rotatable bonds is 10. The van der Waals surface area contributed by atoms with Crippen LogP contribution in [-0.2, 0) is 9.59 Å². The van der Waals surface area contributed by atoms with Crippen LogP contribution in [-0.4, -0.2) is 39.3 Å². The maximum atomic E-state index is 12.0. The van der Waals surface area contributed by atoms with Crippen molar-refractivity contribution >= 4 is 11.8 Å². The number of hydrogen-bond acceptors (Lipinski definition) is 4. The van der Waals surface area contributed by atoms with Gasteiger partial charge in [0.15, 0.2) is 0 Å². The molecule has 0 aromatic heterocycles. The Morgan fingerprint density at radius 2 is 2.09 bits per heavy atom. The van der Waals surface area contributed by atoms with Crippen molar-refractivity contribution < 1.29 is 24.9 Å². The maximum Gasteiger partial charge on any atom is 0.303 e. The van der Waals surface area contributed by atoms with Crippen molar-refractivity contribution in [2.45, 2.75) is 64.1 Å². The first-order chi connectivity index (χ1) is 11.0. The van der Waals surface area contributed by atoms with Gasteiger partial charge in [-0.3, -0.25) is 9.59 Å². The first-order valence-electron chi connectivity index (χ1n) is 8.39. The topological polar surface area (TPSA) is 94.8 Å². The molecule has 5 heteroatoms. The van der Waals surface area contributed by atoms with E-state index in [0.29, 0.717) is 25.7 Å². The van der Waals surface area contributed by atoms with E-state index in [4.69, 9.17) is 5.11 Å². The Morgan fingerprint density at radius 3 is 2.74 bits per heavy atom. The highest BCUT2D eigenvalue weighted by molar-refractivity contribution is 5.84. The lowest BCUT2D eigenvalue weighted by Crippen LogP contribution is -2.18. The lowest BCUT2D eigenvalue weighted by atomic mass is 9.90. The van der Waals surface area contributed by atoms with Gasteiger partial charge < -0.3 is 15.3 Å². The molecule has 4 atom stereocenters. The number of aliphatic carboxylic acids is 1. The van der Waals surface area contributed by atoms with E-state index in [-0.39, 0.29) is 30.5 Å². The molecule has 5 nitrogen and oxygen atoms in total. The van der Waals surface area contributed by atoms with Crippen LogP contribution in [0.25, 0.3) is 0 Å². The Balaban J connectivity index is 2.48. The fraction of sp³-hybridized carbons (Fsp3) is 0.667. The largest absolute Gasteiger partial charge is 0.481 e. The number of carboxylic acids is 1. The zero-order chi connectivity index (χ0) is 17.2. The van der Waals surface area contributed by atoms with Gasteiger partial charge in [-0.2, -0.15) is 0 Å². The number of aliphatic hydroxyl groups is 2. The highest BCUT2D eigenvalue weighted by Crippen LogP contribution is 2.33. The molecule has 0 aliphatic heterocycles. The highest BCUT2D eigenvalue weighted by Gasteiger charge is 2.39.